The van der Waals surface area contributed by atoms with Crippen LogP contribution in [0.5, 0.6) is 0 Å². The second kappa shape index (κ2) is 22.3. The van der Waals surface area contributed by atoms with Gasteiger partial charge in [-0.05, 0) is 43.4 Å². The highest BCUT2D eigenvalue weighted by Gasteiger charge is 2.00. The monoisotopic (exact) mass is 459 g/mol. The molecule has 0 amide bonds. The van der Waals surface area contributed by atoms with Crippen LogP contribution in [0.25, 0.3) is 0 Å². The number of carbonyl (C=O) groups excluding carboxylic acids is 1. The summed E-state index contributed by atoms with van der Waals surface area (Å²) < 4.78 is 4.67. The van der Waals surface area contributed by atoms with Gasteiger partial charge in [0.05, 0.1) is 7.11 Å². The smallest absolute Gasteiger partial charge is 0.305 e. The lowest BCUT2D eigenvalue weighted by Crippen LogP contribution is -2.01. The van der Waals surface area contributed by atoms with E-state index >= 15 is 0 Å². The van der Waals surface area contributed by atoms with Crippen molar-refractivity contribution in [2.75, 3.05) is 19.0 Å². The number of anilines is 1. The van der Waals surface area contributed by atoms with Gasteiger partial charge >= 0.3 is 5.97 Å². The molecule has 0 unspecified atom stereocenters. The fourth-order valence-corrected chi connectivity index (χ4v) is 4.40. The largest absolute Gasteiger partial charge is 0.469 e. The fourth-order valence-electron chi connectivity index (χ4n) is 4.40. The molecule has 0 aliphatic carbocycles. The highest BCUT2D eigenvalue weighted by atomic mass is 16.5. The Labute approximate surface area is 205 Å². The topological polar surface area (TPSA) is 38.3 Å². The molecular formula is C30H53NO2. The van der Waals surface area contributed by atoms with E-state index < -0.39 is 0 Å². The fraction of sp³-hybridized carbons (Fsp3) is 0.767. The zero-order valence-corrected chi connectivity index (χ0v) is 22.0. The van der Waals surface area contributed by atoms with Gasteiger partial charge in [-0.2, -0.15) is 0 Å². The number of hydrogen-bond donors (Lipinski definition) is 1. The number of hydrogen-bond acceptors (Lipinski definition) is 3. The van der Waals surface area contributed by atoms with Gasteiger partial charge in [0.1, 0.15) is 0 Å². The summed E-state index contributed by atoms with van der Waals surface area (Å²) in [6.45, 7) is 3.35. The van der Waals surface area contributed by atoms with Crippen LogP contribution in [0.4, 0.5) is 5.69 Å². The number of rotatable bonds is 23. The summed E-state index contributed by atoms with van der Waals surface area (Å²) in [6.07, 6.45) is 25.6. The van der Waals surface area contributed by atoms with Crippen molar-refractivity contribution in [2.24, 2.45) is 0 Å². The summed E-state index contributed by atoms with van der Waals surface area (Å²) in [7, 11) is 1.46. The molecule has 0 saturated carbocycles. The molecule has 0 aliphatic heterocycles. The van der Waals surface area contributed by atoms with Crippen molar-refractivity contribution >= 4 is 11.7 Å². The Hall–Kier alpha value is -1.51. The van der Waals surface area contributed by atoms with E-state index in [4.69, 9.17) is 0 Å². The third-order valence-corrected chi connectivity index (χ3v) is 6.64. The van der Waals surface area contributed by atoms with Crippen LogP contribution >= 0.6 is 0 Å². The molecule has 0 heterocycles. The lowest BCUT2D eigenvalue weighted by atomic mass is 10.0. The first-order chi connectivity index (χ1) is 16.3. The van der Waals surface area contributed by atoms with Gasteiger partial charge in [-0.3, -0.25) is 4.79 Å². The Bertz CT molecular complexity index is 555. The average Bonchev–Trinajstić information content (AvgIpc) is 2.84. The van der Waals surface area contributed by atoms with Gasteiger partial charge in [0.15, 0.2) is 0 Å². The number of ether oxygens (including phenoxy) is 1. The minimum Gasteiger partial charge on any atom is -0.469 e. The van der Waals surface area contributed by atoms with Crippen LogP contribution in [-0.2, 0) is 16.0 Å². The number of carbonyl (C=O) groups is 1. The summed E-state index contributed by atoms with van der Waals surface area (Å²) in [5, 5.41) is 3.57. The Morgan fingerprint density at radius 3 is 1.70 bits per heavy atom. The van der Waals surface area contributed by atoms with E-state index in [9.17, 15) is 4.79 Å². The Kier molecular flexibility index (Phi) is 19.9. The van der Waals surface area contributed by atoms with Gasteiger partial charge in [-0.25, -0.2) is 0 Å². The van der Waals surface area contributed by atoms with Gasteiger partial charge < -0.3 is 10.1 Å². The molecule has 190 valence electrons. The van der Waals surface area contributed by atoms with Crippen LogP contribution in [0.1, 0.15) is 134 Å². The van der Waals surface area contributed by atoms with Crippen molar-refractivity contribution in [3.05, 3.63) is 29.8 Å². The van der Waals surface area contributed by atoms with E-state index in [0.29, 0.717) is 6.42 Å². The Morgan fingerprint density at radius 2 is 1.15 bits per heavy atom. The second-order valence-corrected chi connectivity index (χ2v) is 9.71. The van der Waals surface area contributed by atoms with Crippen LogP contribution < -0.4 is 5.32 Å². The van der Waals surface area contributed by atoms with Crippen molar-refractivity contribution < 1.29 is 9.53 Å². The number of unbranched alkanes of at least 4 members (excludes halogenated alkanes) is 16. The predicted octanol–water partition coefficient (Wildman–Crippen LogP) is 9.25. The van der Waals surface area contributed by atoms with Crippen molar-refractivity contribution in [1.29, 1.82) is 0 Å². The lowest BCUT2D eigenvalue weighted by Gasteiger charge is -2.08. The van der Waals surface area contributed by atoms with Crippen molar-refractivity contribution in [2.45, 2.75) is 135 Å². The summed E-state index contributed by atoms with van der Waals surface area (Å²) in [5.74, 6) is -0.0776. The molecule has 3 nitrogen and oxygen atoms in total. The maximum Gasteiger partial charge on any atom is 0.305 e. The van der Waals surface area contributed by atoms with Gasteiger partial charge in [0.25, 0.3) is 0 Å². The summed E-state index contributed by atoms with van der Waals surface area (Å²) in [5.41, 5.74) is 2.74. The predicted molar refractivity (Wildman–Crippen MR) is 144 cm³/mol. The number of nitrogens with one attached hydrogen (secondary N) is 1. The first kappa shape index (κ1) is 29.5. The van der Waals surface area contributed by atoms with Crippen molar-refractivity contribution in [3.63, 3.8) is 0 Å². The minimum absolute atomic E-state index is 0.0776. The van der Waals surface area contributed by atoms with E-state index in [-0.39, 0.29) is 5.97 Å². The van der Waals surface area contributed by atoms with E-state index in [2.05, 4.69) is 41.2 Å². The van der Waals surface area contributed by atoms with Crippen LogP contribution in [0.3, 0.4) is 0 Å². The third-order valence-electron chi connectivity index (χ3n) is 6.64. The molecule has 0 radical (unpaired) electrons. The number of benzene rings is 1. The Morgan fingerprint density at radius 1 is 0.667 bits per heavy atom. The summed E-state index contributed by atoms with van der Waals surface area (Å²) in [4.78, 5) is 11.1. The van der Waals surface area contributed by atoms with E-state index in [1.54, 1.807) is 0 Å². The average molecular weight is 460 g/mol. The maximum absolute atomic E-state index is 11.1. The molecule has 3 heteroatoms. The number of aryl methyl sites for hydroxylation is 1. The molecule has 0 fully saturated rings. The van der Waals surface area contributed by atoms with Crippen LogP contribution in [0.15, 0.2) is 24.3 Å². The quantitative estimate of drug-likeness (QED) is 0.131. The highest BCUT2D eigenvalue weighted by Crippen LogP contribution is 2.15. The van der Waals surface area contributed by atoms with Gasteiger partial charge in [-0.15, -0.1) is 0 Å². The molecule has 0 atom stereocenters. The van der Waals surface area contributed by atoms with Crippen LogP contribution in [-0.4, -0.2) is 19.6 Å². The standard InChI is InChI=1S/C30H53NO2/c1-3-4-5-6-7-8-9-12-15-18-21-28-23-25-29(26-24-28)31-27-20-17-14-11-10-13-16-19-22-30(32)33-2/h23-26,31H,3-22,27H2,1-2H3. The van der Waals surface area contributed by atoms with E-state index in [0.717, 1.165) is 19.4 Å². The molecule has 0 spiro atoms. The first-order valence-corrected chi connectivity index (χ1v) is 14.2. The second-order valence-electron chi connectivity index (χ2n) is 9.71. The molecule has 1 aromatic carbocycles. The molecule has 0 bridgehead atoms. The molecule has 33 heavy (non-hydrogen) atoms. The SMILES string of the molecule is CCCCCCCCCCCCc1ccc(NCCCCCCCCCCC(=O)OC)cc1. The highest BCUT2D eigenvalue weighted by molar-refractivity contribution is 5.68. The normalized spacial score (nSPS) is 11.0. The van der Waals surface area contributed by atoms with Crippen LogP contribution in [0.2, 0.25) is 0 Å². The number of methoxy groups -OCH3 is 1. The van der Waals surface area contributed by atoms with Gasteiger partial charge in [-0.1, -0.05) is 115 Å². The van der Waals surface area contributed by atoms with Gasteiger partial charge in [0, 0.05) is 18.7 Å². The zero-order chi connectivity index (χ0) is 23.8. The first-order valence-electron chi connectivity index (χ1n) is 14.2. The maximum atomic E-state index is 11.1. The molecule has 1 rings (SSSR count). The molecule has 1 N–H and O–H groups in total. The van der Waals surface area contributed by atoms with E-state index in [1.807, 2.05) is 0 Å². The third kappa shape index (κ3) is 18.6. The minimum atomic E-state index is -0.0776. The molecule has 1 aromatic rings. The summed E-state index contributed by atoms with van der Waals surface area (Å²) in [6, 6.07) is 9.10. The number of esters is 1. The van der Waals surface area contributed by atoms with Crippen LogP contribution in [0, 0.1) is 0 Å². The Balaban J connectivity index is 1.90. The summed E-state index contributed by atoms with van der Waals surface area (Å²) >= 11 is 0. The van der Waals surface area contributed by atoms with Crippen molar-refractivity contribution in [3.8, 4) is 0 Å². The zero-order valence-electron chi connectivity index (χ0n) is 22.0. The molecule has 0 aliphatic rings. The molecule has 0 aromatic heterocycles. The lowest BCUT2D eigenvalue weighted by molar-refractivity contribution is -0.140. The molecular weight excluding hydrogens is 406 g/mol. The molecule has 0 saturated heterocycles. The van der Waals surface area contributed by atoms with Gasteiger partial charge in [0.2, 0.25) is 0 Å². The van der Waals surface area contributed by atoms with E-state index in [1.165, 1.54) is 128 Å². The van der Waals surface area contributed by atoms with Crippen molar-refractivity contribution in [1.82, 2.24) is 0 Å².